The third-order valence-corrected chi connectivity index (χ3v) is 1.90. The molecule has 0 atom stereocenters. The summed E-state index contributed by atoms with van der Waals surface area (Å²) >= 11 is 0. The minimum atomic E-state index is 0.418. The Kier molecular flexibility index (Phi) is 2.49. The number of aromatic nitrogens is 4. The standard InChI is InChI=1S/C9H12N6/c1-15-6-7(3-14-15)2-12-9-5-11-8(10)4-13-9/h3-6H,2H2,1H3,(H2,10,11)(H,12,13). The van der Waals surface area contributed by atoms with Gasteiger partial charge in [-0.05, 0) is 0 Å². The zero-order valence-electron chi connectivity index (χ0n) is 8.38. The fraction of sp³-hybridized carbons (Fsp3) is 0.222. The van der Waals surface area contributed by atoms with Gasteiger partial charge in [0.05, 0.1) is 18.6 Å². The van der Waals surface area contributed by atoms with Gasteiger partial charge in [0.1, 0.15) is 11.6 Å². The smallest absolute Gasteiger partial charge is 0.144 e. The number of hydrogen-bond donors (Lipinski definition) is 2. The number of nitrogens with one attached hydrogen (secondary N) is 1. The van der Waals surface area contributed by atoms with Crippen LogP contribution >= 0.6 is 0 Å². The molecule has 0 saturated heterocycles. The molecule has 2 aromatic rings. The van der Waals surface area contributed by atoms with Crippen LogP contribution in [0.15, 0.2) is 24.8 Å². The van der Waals surface area contributed by atoms with Crippen LogP contribution in [0.1, 0.15) is 5.56 Å². The lowest BCUT2D eigenvalue weighted by molar-refractivity contribution is 0.767. The number of aryl methyl sites for hydroxylation is 1. The Bertz CT molecular complexity index is 432. The van der Waals surface area contributed by atoms with Gasteiger partial charge >= 0.3 is 0 Å². The van der Waals surface area contributed by atoms with Crippen LogP contribution in [0.4, 0.5) is 11.6 Å². The van der Waals surface area contributed by atoms with Gasteiger partial charge in [0.25, 0.3) is 0 Å². The lowest BCUT2D eigenvalue weighted by Crippen LogP contribution is -2.02. The van der Waals surface area contributed by atoms with E-state index in [9.17, 15) is 0 Å². The van der Waals surface area contributed by atoms with Gasteiger partial charge in [-0.1, -0.05) is 0 Å². The second kappa shape index (κ2) is 3.95. The highest BCUT2D eigenvalue weighted by molar-refractivity contribution is 5.36. The molecule has 0 bridgehead atoms. The summed E-state index contributed by atoms with van der Waals surface area (Å²) in [5, 5.41) is 7.18. The molecule has 78 valence electrons. The molecule has 0 amide bonds. The van der Waals surface area contributed by atoms with Gasteiger partial charge in [0.15, 0.2) is 0 Å². The summed E-state index contributed by atoms with van der Waals surface area (Å²) in [5.41, 5.74) is 6.52. The third kappa shape index (κ3) is 2.43. The van der Waals surface area contributed by atoms with Crippen LogP contribution < -0.4 is 11.1 Å². The van der Waals surface area contributed by atoms with Crippen molar-refractivity contribution in [1.29, 1.82) is 0 Å². The number of nitrogens with zero attached hydrogens (tertiary/aromatic N) is 4. The van der Waals surface area contributed by atoms with Gasteiger partial charge in [-0.3, -0.25) is 4.68 Å². The molecule has 0 aliphatic carbocycles. The molecule has 2 rings (SSSR count). The third-order valence-electron chi connectivity index (χ3n) is 1.90. The van der Waals surface area contributed by atoms with Crippen molar-refractivity contribution in [3.05, 3.63) is 30.4 Å². The Hall–Kier alpha value is -2.11. The zero-order valence-corrected chi connectivity index (χ0v) is 8.38. The first kappa shape index (κ1) is 9.45. The molecule has 0 radical (unpaired) electrons. The predicted molar refractivity (Wildman–Crippen MR) is 57.0 cm³/mol. The molecule has 0 saturated carbocycles. The highest BCUT2D eigenvalue weighted by Crippen LogP contribution is 2.04. The number of nitrogens with two attached hydrogens (primary N) is 1. The molecule has 0 aliphatic rings. The van der Waals surface area contributed by atoms with E-state index in [0.29, 0.717) is 18.2 Å². The van der Waals surface area contributed by atoms with Gasteiger partial charge in [0.2, 0.25) is 0 Å². The monoisotopic (exact) mass is 204 g/mol. The number of anilines is 2. The molecule has 0 spiro atoms. The number of rotatable bonds is 3. The first-order valence-corrected chi connectivity index (χ1v) is 4.53. The molecule has 6 nitrogen and oxygen atoms in total. The molecule has 0 unspecified atom stereocenters. The summed E-state index contributed by atoms with van der Waals surface area (Å²) < 4.78 is 1.76. The van der Waals surface area contributed by atoms with Crippen LogP contribution in [-0.2, 0) is 13.6 Å². The average molecular weight is 204 g/mol. The second-order valence-electron chi connectivity index (χ2n) is 3.20. The van der Waals surface area contributed by atoms with Crippen LogP contribution in [0.25, 0.3) is 0 Å². The van der Waals surface area contributed by atoms with E-state index in [2.05, 4.69) is 20.4 Å². The van der Waals surface area contributed by atoms with E-state index in [1.54, 1.807) is 17.1 Å². The molecule has 2 heterocycles. The zero-order chi connectivity index (χ0) is 10.7. The molecule has 0 aromatic carbocycles. The highest BCUT2D eigenvalue weighted by atomic mass is 15.2. The minimum absolute atomic E-state index is 0.418. The Morgan fingerprint density at radius 1 is 1.33 bits per heavy atom. The van der Waals surface area contributed by atoms with E-state index in [1.165, 1.54) is 6.20 Å². The van der Waals surface area contributed by atoms with E-state index < -0.39 is 0 Å². The van der Waals surface area contributed by atoms with Gasteiger partial charge < -0.3 is 11.1 Å². The van der Waals surface area contributed by atoms with E-state index >= 15 is 0 Å². The van der Waals surface area contributed by atoms with Crippen molar-refractivity contribution in [3.63, 3.8) is 0 Å². The Morgan fingerprint density at radius 2 is 2.20 bits per heavy atom. The molecular weight excluding hydrogens is 192 g/mol. The summed E-state index contributed by atoms with van der Waals surface area (Å²) in [6.07, 6.45) is 6.87. The molecule has 6 heteroatoms. The van der Waals surface area contributed by atoms with Crippen molar-refractivity contribution < 1.29 is 0 Å². The maximum atomic E-state index is 5.42. The van der Waals surface area contributed by atoms with Crippen LogP contribution in [0.5, 0.6) is 0 Å². The lowest BCUT2D eigenvalue weighted by atomic mass is 10.3. The highest BCUT2D eigenvalue weighted by Gasteiger charge is 1.97. The van der Waals surface area contributed by atoms with Crippen LogP contribution in [0, 0.1) is 0 Å². The van der Waals surface area contributed by atoms with Crippen LogP contribution in [0.2, 0.25) is 0 Å². The van der Waals surface area contributed by atoms with Crippen molar-refractivity contribution in [2.75, 3.05) is 11.1 Å². The first-order valence-electron chi connectivity index (χ1n) is 4.53. The summed E-state index contributed by atoms with van der Waals surface area (Å²) in [4.78, 5) is 8.00. The summed E-state index contributed by atoms with van der Waals surface area (Å²) in [6, 6.07) is 0. The van der Waals surface area contributed by atoms with Crippen LogP contribution in [0.3, 0.4) is 0 Å². The summed E-state index contributed by atoms with van der Waals surface area (Å²) in [5.74, 6) is 1.12. The molecular formula is C9H12N6. The Morgan fingerprint density at radius 3 is 2.80 bits per heavy atom. The summed E-state index contributed by atoms with van der Waals surface area (Å²) in [6.45, 7) is 0.673. The Labute approximate surface area is 87.2 Å². The van der Waals surface area contributed by atoms with Crippen molar-refractivity contribution in [2.24, 2.45) is 7.05 Å². The minimum Gasteiger partial charge on any atom is -0.382 e. The average Bonchev–Trinajstić information content (AvgIpc) is 2.64. The largest absolute Gasteiger partial charge is 0.382 e. The Balaban J connectivity index is 1.96. The van der Waals surface area contributed by atoms with Crippen molar-refractivity contribution in [2.45, 2.75) is 6.54 Å². The van der Waals surface area contributed by atoms with Crippen molar-refractivity contribution >= 4 is 11.6 Å². The number of hydrogen-bond acceptors (Lipinski definition) is 5. The molecule has 0 fully saturated rings. The maximum Gasteiger partial charge on any atom is 0.144 e. The topological polar surface area (TPSA) is 81.7 Å². The quantitative estimate of drug-likeness (QED) is 0.756. The molecule has 2 aromatic heterocycles. The molecule has 3 N–H and O–H groups in total. The SMILES string of the molecule is Cn1cc(CNc2cnc(N)cn2)cn1. The summed E-state index contributed by atoms with van der Waals surface area (Å²) in [7, 11) is 1.88. The van der Waals surface area contributed by atoms with Gasteiger partial charge in [-0.25, -0.2) is 9.97 Å². The van der Waals surface area contributed by atoms with Crippen molar-refractivity contribution in [1.82, 2.24) is 19.7 Å². The van der Waals surface area contributed by atoms with E-state index in [-0.39, 0.29) is 0 Å². The molecule has 0 aliphatic heterocycles. The fourth-order valence-corrected chi connectivity index (χ4v) is 1.19. The van der Waals surface area contributed by atoms with E-state index in [1.807, 2.05) is 13.2 Å². The second-order valence-corrected chi connectivity index (χ2v) is 3.20. The lowest BCUT2D eigenvalue weighted by Gasteiger charge is -2.02. The predicted octanol–water partition coefficient (Wildman–Crippen LogP) is 0.404. The number of nitrogen functional groups attached to an aromatic ring is 1. The first-order chi connectivity index (χ1) is 7.24. The van der Waals surface area contributed by atoms with Gasteiger partial charge in [0, 0.05) is 25.4 Å². The fourth-order valence-electron chi connectivity index (χ4n) is 1.19. The normalized spacial score (nSPS) is 10.2. The van der Waals surface area contributed by atoms with Gasteiger partial charge in [-0.15, -0.1) is 0 Å². The van der Waals surface area contributed by atoms with E-state index in [0.717, 1.165) is 5.56 Å². The van der Waals surface area contributed by atoms with E-state index in [4.69, 9.17) is 5.73 Å². The van der Waals surface area contributed by atoms with Gasteiger partial charge in [-0.2, -0.15) is 5.10 Å². The maximum absolute atomic E-state index is 5.42. The van der Waals surface area contributed by atoms with Crippen molar-refractivity contribution in [3.8, 4) is 0 Å². The van der Waals surface area contributed by atoms with Crippen LogP contribution in [-0.4, -0.2) is 19.7 Å². The molecule has 15 heavy (non-hydrogen) atoms.